The smallest absolute Gasteiger partial charge is 0.320 e. The number of esters is 2. The summed E-state index contributed by atoms with van der Waals surface area (Å²) in [5.41, 5.74) is 0.743. The Morgan fingerprint density at radius 2 is 1.58 bits per heavy atom. The summed E-state index contributed by atoms with van der Waals surface area (Å²) in [7, 11) is -3.82. The first-order valence-electron chi connectivity index (χ1n) is 17.3. The number of fused-ring (bicyclic) bond motifs is 5. The van der Waals surface area contributed by atoms with Gasteiger partial charge in [-0.1, -0.05) is 38.5 Å². The van der Waals surface area contributed by atoms with E-state index >= 15 is 0 Å². The molecule has 10 atom stereocenters. The second-order valence-electron chi connectivity index (χ2n) is 15.0. The molecule has 1 aromatic rings. The lowest BCUT2D eigenvalue weighted by atomic mass is 9.43. The predicted octanol–water partition coefficient (Wildman–Crippen LogP) is 6.47. The maximum absolute atomic E-state index is 13.1. The van der Waals surface area contributed by atoms with Crippen molar-refractivity contribution in [3.05, 3.63) is 29.8 Å². The lowest BCUT2D eigenvalue weighted by Gasteiger charge is -2.62. The molecule has 0 radical (unpaired) electrons. The van der Waals surface area contributed by atoms with E-state index in [2.05, 4.69) is 20.8 Å². The van der Waals surface area contributed by atoms with E-state index in [9.17, 15) is 23.1 Å². The third-order valence-corrected chi connectivity index (χ3v) is 14.2. The fraction of sp³-hybridized carbons (Fsp3) is 0.778. The van der Waals surface area contributed by atoms with Gasteiger partial charge in [0.05, 0.1) is 30.3 Å². The Bertz CT molecular complexity index is 1310. The van der Waals surface area contributed by atoms with E-state index in [0.717, 1.165) is 50.5 Å². The summed E-state index contributed by atoms with van der Waals surface area (Å²) < 4.78 is 42.5. The first kappa shape index (κ1) is 34.4. The fourth-order valence-electron chi connectivity index (χ4n) is 10.5. The summed E-state index contributed by atoms with van der Waals surface area (Å²) in [4.78, 5) is 25.7. The van der Waals surface area contributed by atoms with E-state index in [0.29, 0.717) is 36.5 Å². The number of benzene rings is 1. The van der Waals surface area contributed by atoms with Gasteiger partial charge in [-0.15, -0.1) is 0 Å². The SMILES string of the molecule is CCOC(=O)C(CC(C)[C@H]1CCC2C3CC[C@@H]4C[C@H](OS(=O)(=O)c5ccc(C)cc5)CC[C@]4(C)C3C[C@H](O)[C@@]21C)C(=O)OCC. The van der Waals surface area contributed by atoms with Gasteiger partial charge >= 0.3 is 11.9 Å². The third-order valence-electron chi connectivity index (χ3n) is 12.8. The van der Waals surface area contributed by atoms with Crippen molar-refractivity contribution >= 4 is 22.1 Å². The van der Waals surface area contributed by atoms with Crippen LogP contribution in [0.1, 0.15) is 98.0 Å². The Hall–Kier alpha value is -1.97. The zero-order valence-electron chi connectivity index (χ0n) is 28.0. The highest BCUT2D eigenvalue weighted by Crippen LogP contribution is 2.68. The van der Waals surface area contributed by atoms with Crippen LogP contribution in [-0.4, -0.2) is 50.9 Å². The minimum absolute atomic E-state index is 0.0291. The van der Waals surface area contributed by atoms with Crippen molar-refractivity contribution in [3.63, 3.8) is 0 Å². The van der Waals surface area contributed by atoms with Gasteiger partial charge in [-0.25, -0.2) is 0 Å². The average molecular weight is 647 g/mol. The van der Waals surface area contributed by atoms with Crippen LogP contribution in [0.2, 0.25) is 0 Å². The quantitative estimate of drug-likeness (QED) is 0.175. The molecule has 0 saturated heterocycles. The second-order valence-corrected chi connectivity index (χ2v) is 16.6. The minimum atomic E-state index is -3.82. The molecule has 4 unspecified atom stereocenters. The van der Waals surface area contributed by atoms with Crippen molar-refractivity contribution in [2.24, 2.45) is 52.3 Å². The van der Waals surface area contributed by atoms with Crippen LogP contribution in [0.3, 0.4) is 0 Å². The molecule has 1 aromatic carbocycles. The second kappa shape index (κ2) is 13.3. The molecule has 8 nitrogen and oxygen atoms in total. The number of carbonyl (C=O) groups is 2. The van der Waals surface area contributed by atoms with Crippen LogP contribution in [0.25, 0.3) is 0 Å². The molecule has 45 heavy (non-hydrogen) atoms. The maximum atomic E-state index is 13.1. The van der Waals surface area contributed by atoms with Crippen LogP contribution in [0.4, 0.5) is 0 Å². The summed E-state index contributed by atoms with van der Waals surface area (Å²) in [5.74, 6) is -0.168. The number of aliphatic hydroxyl groups excluding tert-OH is 1. The lowest BCUT2D eigenvalue weighted by Crippen LogP contribution is -2.59. The molecule has 0 amide bonds. The summed E-state index contributed by atoms with van der Waals surface area (Å²) in [6.45, 7) is 12.6. The maximum Gasteiger partial charge on any atom is 0.320 e. The van der Waals surface area contributed by atoms with Crippen LogP contribution in [0.5, 0.6) is 0 Å². The summed E-state index contributed by atoms with van der Waals surface area (Å²) in [6.07, 6.45) is 6.73. The highest BCUT2D eigenvalue weighted by atomic mass is 32.2. The Kier molecular flexibility index (Phi) is 10.1. The van der Waals surface area contributed by atoms with Gasteiger partial charge in [0.15, 0.2) is 5.92 Å². The molecule has 0 bridgehead atoms. The van der Waals surface area contributed by atoms with E-state index in [1.807, 2.05) is 6.92 Å². The van der Waals surface area contributed by atoms with Crippen molar-refractivity contribution in [3.8, 4) is 0 Å². The number of hydrogen-bond acceptors (Lipinski definition) is 8. The largest absolute Gasteiger partial charge is 0.465 e. The Morgan fingerprint density at radius 3 is 2.20 bits per heavy atom. The molecule has 0 aromatic heterocycles. The van der Waals surface area contributed by atoms with E-state index in [4.69, 9.17) is 13.7 Å². The molecule has 0 heterocycles. The average Bonchev–Trinajstić information content (AvgIpc) is 3.35. The number of hydrogen-bond donors (Lipinski definition) is 1. The van der Waals surface area contributed by atoms with Crippen LogP contribution < -0.4 is 0 Å². The topological polar surface area (TPSA) is 116 Å². The van der Waals surface area contributed by atoms with Gasteiger partial charge in [0.2, 0.25) is 0 Å². The summed E-state index contributed by atoms with van der Waals surface area (Å²) in [6, 6.07) is 6.83. The highest BCUT2D eigenvalue weighted by molar-refractivity contribution is 7.86. The molecular formula is C36H54O8S. The van der Waals surface area contributed by atoms with Crippen LogP contribution in [0, 0.1) is 59.2 Å². The van der Waals surface area contributed by atoms with Crippen LogP contribution >= 0.6 is 0 Å². The molecular weight excluding hydrogens is 592 g/mol. The molecule has 9 heteroatoms. The minimum Gasteiger partial charge on any atom is -0.465 e. The lowest BCUT2D eigenvalue weighted by molar-refractivity contribution is -0.175. The Morgan fingerprint density at radius 1 is 0.933 bits per heavy atom. The van der Waals surface area contributed by atoms with Crippen molar-refractivity contribution in [2.75, 3.05) is 13.2 Å². The molecule has 0 spiro atoms. The molecule has 4 aliphatic carbocycles. The van der Waals surface area contributed by atoms with E-state index < -0.39 is 34.1 Å². The standard InChI is InChI=1S/C36H54O8S/c1-7-42-33(38)28(34(39)43-8-2)19-23(4)29-15-16-30-27-14-11-24-20-25(44-45(40,41)26-12-9-22(3)10-13-26)17-18-35(24,5)31(27)21-32(37)36(29,30)6/h9-10,12-13,23-25,27-32,37H,7-8,11,14-21H2,1-6H3/t23?,24-,25-,27?,29-,30?,31?,32+,35+,36-/m1/s1. The third kappa shape index (κ3) is 6.34. The number of rotatable bonds is 10. The molecule has 252 valence electrons. The van der Waals surface area contributed by atoms with Gasteiger partial charge in [-0.3, -0.25) is 13.8 Å². The first-order chi connectivity index (χ1) is 21.3. The normalized spacial score (nSPS) is 36.8. The predicted molar refractivity (Wildman–Crippen MR) is 170 cm³/mol. The molecule has 4 saturated carbocycles. The molecule has 4 fully saturated rings. The zero-order valence-corrected chi connectivity index (χ0v) is 28.8. The molecule has 1 N–H and O–H groups in total. The summed E-state index contributed by atoms with van der Waals surface area (Å²) >= 11 is 0. The molecule has 5 rings (SSSR count). The number of ether oxygens (including phenoxy) is 2. The van der Waals surface area contributed by atoms with Gasteiger partial charge in [-0.2, -0.15) is 8.42 Å². The van der Waals surface area contributed by atoms with Crippen molar-refractivity contribution in [2.45, 2.75) is 116 Å². The van der Waals surface area contributed by atoms with E-state index in [1.54, 1.807) is 38.1 Å². The number of carbonyl (C=O) groups excluding carboxylic acids is 2. The van der Waals surface area contributed by atoms with Crippen molar-refractivity contribution in [1.82, 2.24) is 0 Å². The van der Waals surface area contributed by atoms with Gasteiger partial charge in [0, 0.05) is 0 Å². The van der Waals surface area contributed by atoms with Gasteiger partial charge < -0.3 is 14.6 Å². The molecule has 0 aliphatic heterocycles. The molecule has 4 aliphatic rings. The van der Waals surface area contributed by atoms with Crippen molar-refractivity contribution < 1.29 is 36.8 Å². The van der Waals surface area contributed by atoms with Gasteiger partial charge in [0.25, 0.3) is 10.1 Å². The number of aliphatic hydroxyl groups is 1. The van der Waals surface area contributed by atoms with E-state index in [1.165, 1.54) is 0 Å². The van der Waals surface area contributed by atoms with Crippen molar-refractivity contribution in [1.29, 1.82) is 0 Å². The summed E-state index contributed by atoms with van der Waals surface area (Å²) in [5, 5.41) is 12.0. The Labute approximate surface area is 270 Å². The Balaban J connectivity index is 1.28. The van der Waals surface area contributed by atoms with E-state index in [-0.39, 0.29) is 46.9 Å². The zero-order chi connectivity index (χ0) is 32.7. The highest BCUT2D eigenvalue weighted by Gasteiger charge is 2.64. The first-order valence-corrected chi connectivity index (χ1v) is 18.7. The fourth-order valence-corrected chi connectivity index (χ4v) is 11.6. The van der Waals surface area contributed by atoms with Gasteiger partial charge in [0.1, 0.15) is 0 Å². The monoisotopic (exact) mass is 646 g/mol. The van der Waals surface area contributed by atoms with Crippen LogP contribution in [-0.2, 0) is 33.4 Å². The number of aryl methyl sites for hydroxylation is 1. The van der Waals surface area contributed by atoms with Gasteiger partial charge in [-0.05, 0) is 137 Å². The van der Waals surface area contributed by atoms with Crippen LogP contribution in [0.15, 0.2) is 29.2 Å².